The van der Waals surface area contributed by atoms with E-state index in [0.717, 1.165) is 31.8 Å². The van der Waals surface area contributed by atoms with Crippen LogP contribution in [-0.2, 0) is 11.3 Å². The molecule has 4 heteroatoms. The van der Waals surface area contributed by atoms with Crippen LogP contribution in [-0.4, -0.2) is 33.4 Å². The summed E-state index contributed by atoms with van der Waals surface area (Å²) in [5.41, 5.74) is 0. The Labute approximate surface area is 89.9 Å². The zero-order valence-corrected chi connectivity index (χ0v) is 9.15. The van der Waals surface area contributed by atoms with E-state index >= 15 is 0 Å². The van der Waals surface area contributed by atoms with Gasteiger partial charge in [0.05, 0.1) is 0 Å². The van der Waals surface area contributed by atoms with E-state index in [-0.39, 0.29) is 5.91 Å². The van der Waals surface area contributed by atoms with Gasteiger partial charge in [0.15, 0.2) is 0 Å². The Kier molecular flexibility index (Phi) is 3.04. The maximum atomic E-state index is 11.9. The Bertz CT molecular complexity index is 339. The lowest BCUT2D eigenvalue weighted by Gasteiger charge is -2.26. The summed E-state index contributed by atoms with van der Waals surface area (Å²) in [5, 5.41) is 0. The molecule has 0 aromatic carbocycles. The Morgan fingerprint density at radius 2 is 2.13 bits per heavy atom. The van der Waals surface area contributed by atoms with Crippen molar-refractivity contribution in [1.82, 2.24) is 14.5 Å². The average molecular weight is 207 g/mol. The first-order chi connectivity index (χ1) is 7.27. The van der Waals surface area contributed by atoms with Gasteiger partial charge in [-0.15, -0.1) is 0 Å². The molecule has 1 aliphatic heterocycles. The van der Waals surface area contributed by atoms with E-state index in [2.05, 4.69) is 4.98 Å². The molecule has 0 spiro atoms. The van der Waals surface area contributed by atoms with Crippen LogP contribution in [0.3, 0.4) is 0 Å². The van der Waals surface area contributed by atoms with E-state index in [0.29, 0.717) is 6.54 Å². The van der Waals surface area contributed by atoms with E-state index in [1.54, 1.807) is 6.20 Å². The van der Waals surface area contributed by atoms with Gasteiger partial charge in [0, 0.05) is 25.5 Å². The number of imidazole rings is 1. The van der Waals surface area contributed by atoms with E-state index in [1.165, 1.54) is 6.42 Å². The van der Waals surface area contributed by atoms with Crippen molar-refractivity contribution in [3.8, 4) is 0 Å². The first kappa shape index (κ1) is 10.2. The molecule has 2 heterocycles. The van der Waals surface area contributed by atoms with Gasteiger partial charge < -0.3 is 9.47 Å². The molecule has 1 aromatic rings. The summed E-state index contributed by atoms with van der Waals surface area (Å²) < 4.78 is 1.90. The highest BCUT2D eigenvalue weighted by molar-refractivity contribution is 5.76. The molecule has 82 valence electrons. The number of hydrogen-bond acceptors (Lipinski definition) is 2. The number of aromatic nitrogens is 2. The highest BCUT2D eigenvalue weighted by Gasteiger charge is 2.16. The fourth-order valence-corrected chi connectivity index (χ4v) is 1.96. The molecule has 0 radical (unpaired) electrons. The summed E-state index contributed by atoms with van der Waals surface area (Å²) in [5.74, 6) is 1.12. The highest BCUT2D eigenvalue weighted by atomic mass is 16.2. The van der Waals surface area contributed by atoms with E-state index in [9.17, 15) is 4.79 Å². The van der Waals surface area contributed by atoms with Crippen LogP contribution in [0.1, 0.15) is 25.1 Å². The number of carbonyl (C=O) groups excluding carboxylic acids is 1. The number of likely N-dealkylation sites (tertiary alicyclic amines) is 1. The molecule has 1 saturated heterocycles. The molecule has 0 atom stereocenters. The third kappa shape index (κ3) is 2.37. The van der Waals surface area contributed by atoms with Crippen molar-refractivity contribution in [2.75, 3.05) is 13.1 Å². The van der Waals surface area contributed by atoms with Crippen LogP contribution < -0.4 is 0 Å². The molecule has 1 aliphatic rings. The number of aryl methyl sites for hydroxylation is 1. The van der Waals surface area contributed by atoms with Crippen LogP contribution in [0.2, 0.25) is 0 Å². The molecule has 0 N–H and O–H groups in total. The summed E-state index contributed by atoms with van der Waals surface area (Å²) in [4.78, 5) is 18.0. The third-order valence-corrected chi connectivity index (χ3v) is 2.94. The molecule has 1 fully saturated rings. The standard InChI is InChI=1S/C11H17N3O/c1-10-12-5-8-14(10)9-11(15)13-6-3-2-4-7-13/h5,8H,2-4,6-7,9H2,1H3. The van der Waals surface area contributed by atoms with Crippen LogP contribution >= 0.6 is 0 Å². The van der Waals surface area contributed by atoms with Crippen molar-refractivity contribution in [3.63, 3.8) is 0 Å². The van der Waals surface area contributed by atoms with Crippen LogP contribution in [0.25, 0.3) is 0 Å². The van der Waals surface area contributed by atoms with Crippen molar-refractivity contribution in [1.29, 1.82) is 0 Å². The second kappa shape index (κ2) is 4.47. The molecule has 1 amide bonds. The number of rotatable bonds is 2. The smallest absolute Gasteiger partial charge is 0.242 e. The molecule has 0 bridgehead atoms. The normalized spacial score (nSPS) is 16.7. The predicted molar refractivity (Wildman–Crippen MR) is 57.4 cm³/mol. The van der Waals surface area contributed by atoms with Crippen LogP contribution in [0.4, 0.5) is 0 Å². The molecule has 0 unspecified atom stereocenters. The second-order valence-corrected chi connectivity index (χ2v) is 4.04. The van der Waals surface area contributed by atoms with Gasteiger partial charge in [-0.25, -0.2) is 4.98 Å². The van der Waals surface area contributed by atoms with Crippen LogP contribution in [0.15, 0.2) is 12.4 Å². The minimum Gasteiger partial charge on any atom is -0.341 e. The van der Waals surface area contributed by atoms with E-state index in [4.69, 9.17) is 0 Å². The monoisotopic (exact) mass is 207 g/mol. The van der Waals surface area contributed by atoms with Crippen LogP contribution in [0, 0.1) is 6.92 Å². The van der Waals surface area contributed by atoms with Crippen molar-refractivity contribution >= 4 is 5.91 Å². The Balaban J connectivity index is 1.94. The molecule has 15 heavy (non-hydrogen) atoms. The summed E-state index contributed by atoms with van der Waals surface area (Å²) in [6.07, 6.45) is 7.15. The fourth-order valence-electron chi connectivity index (χ4n) is 1.96. The van der Waals surface area contributed by atoms with Gasteiger partial charge in [-0.05, 0) is 26.2 Å². The minimum absolute atomic E-state index is 0.218. The summed E-state index contributed by atoms with van der Waals surface area (Å²) in [7, 11) is 0. The molecule has 1 aromatic heterocycles. The van der Waals surface area contributed by atoms with Crippen molar-refractivity contribution < 1.29 is 4.79 Å². The largest absolute Gasteiger partial charge is 0.341 e. The fraction of sp³-hybridized carbons (Fsp3) is 0.636. The number of nitrogens with zero attached hydrogens (tertiary/aromatic N) is 3. The first-order valence-corrected chi connectivity index (χ1v) is 5.53. The summed E-state index contributed by atoms with van der Waals surface area (Å²) in [6, 6.07) is 0. The Morgan fingerprint density at radius 3 is 2.73 bits per heavy atom. The van der Waals surface area contributed by atoms with Gasteiger partial charge in [-0.3, -0.25) is 4.79 Å². The maximum absolute atomic E-state index is 11.9. The van der Waals surface area contributed by atoms with Gasteiger partial charge in [-0.2, -0.15) is 0 Å². The summed E-state index contributed by atoms with van der Waals surface area (Å²) >= 11 is 0. The predicted octanol–water partition coefficient (Wildman–Crippen LogP) is 1.20. The molecule has 4 nitrogen and oxygen atoms in total. The van der Waals surface area contributed by atoms with E-state index < -0.39 is 0 Å². The lowest BCUT2D eigenvalue weighted by atomic mass is 10.1. The van der Waals surface area contributed by atoms with Crippen LogP contribution in [0.5, 0.6) is 0 Å². The van der Waals surface area contributed by atoms with Gasteiger partial charge >= 0.3 is 0 Å². The van der Waals surface area contributed by atoms with Gasteiger partial charge in [0.1, 0.15) is 12.4 Å². The topological polar surface area (TPSA) is 38.1 Å². The SMILES string of the molecule is Cc1nccn1CC(=O)N1CCCCC1. The number of hydrogen-bond donors (Lipinski definition) is 0. The number of carbonyl (C=O) groups is 1. The lowest BCUT2D eigenvalue weighted by molar-refractivity contribution is -0.132. The zero-order valence-electron chi connectivity index (χ0n) is 9.15. The van der Waals surface area contributed by atoms with E-state index in [1.807, 2.05) is 22.6 Å². The molecule has 0 aliphatic carbocycles. The molecule has 2 rings (SSSR count). The molecular weight excluding hydrogens is 190 g/mol. The first-order valence-electron chi connectivity index (χ1n) is 5.53. The van der Waals surface area contributed by atoms with Gasteiger partial charge in [0.25, 0.3) is 0 Å². The zero-order chi connectivity index (χ0) is 10.7. The lowest BCUT2D eigenvalue weighted by Crippen LogP contribution is -2.37. The summed E-state index contributed by atoms with van der Waals surface area (Å²) in [6.45, 7) is 4.20. The number of piperidine rings is 1. The van der Waals surface area contributed by atoms with Gasteiger partial charge in [-0.1, -0.05) is 0 Å². The van der Waals surface area contributed by atoms with Crippen molar-refractivity contribution in [2.24, 2.45) is 0 Å². The Hall–Kier alpha value is -1.32. The molecule has 0 saturated carbocycles. The minimum atomic E-state index is 0.218. The average Bonchev–Trinajstić information content (AvgIpc) is 2.66. The van der Waals surface area contributed by atoms with Crippen molar-refractivity contribution in [2.45, 2.75) is 32.7 Å². The molecular formula is C11H17N3O. The van der Waals surface area contributed by atoms with Gasteiger partial charge in [0.2, 0.25) is 5.91 Å². The quantitative estimate of drug-likeness (QED) is 0.731. The Morgan fingerprint density at radius 1 is 1.40 bits per heavy atom. The number of amides is 1. The van der Waals surface area contributed by atoms with Crippen molar-refractivity contribution in [3.05, 3.63) is 18.2 Å². The third-order valence-electron chi connectivity index (χ3n) is 2.94. The maximum Gasteiger partial charge on any atom is 0.242 e. The highest BCUT2D eigenvalue weighted by Crippen LogP contribution is 2.09. The second-order valence-electron chi connectivity index (χ2n) is 4.04.